The van der Waals surface area contributed by atoms with E-state index in [9.17, 15) is 8.42 Å². The topological polar surface area (TPSA) is 71.8 Å². The van der Waals surface area contributed by atoms with Crippen LogP contribution in [0.25, 0.3) is 10.8 Å². The maximum Gasteiger partial charge on any atom is 0.241 e. The smallest absolute Gasteiger partial charge is 0.241 e. The molecule has 0 radical (unpaired) electrons. The number of sulfonamides is 1. The van der Waals surface area contributed by atoms with Crippen molar-refractivity contribution in [2.75, 3.05) is 27.2 Å². The van der Waals surface area contributed by atoms with E-state index >= 15 is 0 Å². The molecule has 0 amide bonds. The Morgan fingerprint density at radius 1 is 1.07 bits per heavy atom. The van der Waals surface area contributed by atoms with Crippen LogP contribution in [0, 0.1) is 0 Å². The van der Waals surface area contributed by atoms with Gasteiger partial charge < -0.3 is 9.15 Å². The van der Waals surface area contributed by atoms with Crippen LogP contribution in [-0.2, 0) is 10.0 Å². The molecular weight excluding hydrogens is 364 g/mol. The van der Waals surface area contributed by atoms with Crippen LogP contribution in [0.15, 0.2) is 64.1 Å². The van der Waals surface area contributed by atoms with Gasteiger partial charge in [-0.15, -0.1) is 0 Å². The van der Waals surface area contributed by atoms with Crippen molar-refractivity contribution in [2.24, 2.45) is 0 Å². The van der Waals surface area contributed by atoms with Crippen LogP contribution < -0.4 is 9.46 Å². The fraction of sp³-hybridized carbons (Fsp3) is 0.300. The standard InChI is InChI=1S/C20H24N2O4S/c1-4-25-18-11-12-20(16-9-6-5-8-15(16)18)27(23,24)21-14-17(22(2)3)19-10-7-13-26-19/h5-13,17,21H,4,14H2,1-3H3. The molecule has 1 heterocycles. The molecule has 1 aromatic heterocycles. The summed E-state index contributed by atoms with van der Waals surface area (Å²) in [6.45, 7) is 2.61. The molecule has 1 atom stereocenters. The lowest BCUT2D eigenvalue weighted by Gasteiger charge is -2.22. The number of hydrogen-bond acceptors (Lipinski definition) is 5. The van der Waals surface area contributed by atoms with Gasteiger partial charge in [0.05, 0.1) is 23.8 Å². The Balaban J connectivity index is 1.92. The van der Waals surface area contributed by atoms with Gasteiger partial charge in [-0.25, -0.2) is 13.1 Å². The minimum atomic E-state index is -3.71. The highest BCUT2D eigenvalue weighted by Crippen LogP contribution is 2.31. The quantitative estimate of drug-likeness (QED) is 0.640. The monoisotopic (exact) mass is 388 g/mol. The summed E-state index contributed by atoms with van der Waals surface area (Å²) in [6.07, 6.45) is 1.58. The maximum absolute atomic E-state index is 13.0. The molecule has 0 aliphatic rings. The van der Waals surface area contributed by atoms with Gasteiger partial charge in [0.1, 0.15) is 11.5 Å². The molecule has 0 saturated heterocycles. The van der Waals surface area contributed by atoms with Crippen molar-refractivity contribution in [1.29, 1.82) is 0 Å². The van der Waals surface area contributed by atoms with Crippen LogP contribution in [0.1, 0.15) is 18.7 Å². The number of hydrogen-bond donors (Lipinski definition) is 1. The maximum atomic E-state index is 13.0. The van der Waals surface area contributed by atoms with Gasteiger partial charge in [0.25, 0.3) is 0 Å². The average Bonchev–Trinajstić information content (AvgIpc) is 3.16. The van der Waals surface area contributed by atoms with Crippen LogP contribution in [0.5, 0.6) is 5.75 Å². The lowest BCUT2D eigenvalue weighted by atomic mass is 10.1. The van der Waals surface area contributed by atoms with Gasteiger partial charge in [-0.1, -0.05) is 24.3 Å². The number of furan rings is 1. The molecule has 1 N–H and O–H groups in total. The van der Waals surface area contributed by atoms with E-state index in [1.54, 1.807) is 30.5 Å². The van der Waals surface area contributed by atoms with E-state index in [1.165, 1.54) is 0 Å². The van der Waals surface area contributed by atoms with Crippen molar-refractivity contribution >= 4 is 20.8 Å². The minimum absolute atomic E-state index is 0.199. The first-order chi connectivity index (χ1) is 12.9. The van der Waals surface area contributed by atoms with E-state index in [4.69, 9.17) is 9.15 Å². The molecule has 0 bridgehead atoms. The highest BCUT2D eigenvalue weighted by molar-refractivity contribution is 7.89. The number of nitrogens with one attached hydrogen (secondary N) is 1. The molecule has 144 valence electrons. The Labute approximate surface area is 159 Å². The SMILES string of the molecule is CCOc1ccc(S(=O)(=O)NCC(c2ccco2)N(C)C)c2ccccc12. The fourth-order valence-corrected chi connectivity index (χ4v) is 4.29. The second kappa shape index (κ2) is 8.12. The van der Waals surface area contributed by atoms with Gasteiger partial charge >= 0.3 is 0 Å². The van der Waals surface area contributed by atoms with Crippen LogP contribution in [0.4, 0.5) is 0 Å². The highest BCUT2D eigenvalue weighted by atomic mass is 32.2. The molecule has 1 unspecified atom stereocenters. The summed E-state index contributed by atoms with van der Waals surface area (Å²) in [7, 11) is 0.0533. The molecule has 27 heavy (non-hydrogen) atoms. The van der Waals surface area contributed by atoms with Crippen LogP contribution in [-0.4, -0.2) is 40.6 Å². The zero-order valence-corrected chi connectivity index (χ0v) is 16.5. The molecule has 3 rings (SSSR count). The Morgan fingerprint density at radius 2 is 1.81 bits per heavy atom. The number of nitrogens with zero attached hydrogens (tertiary/aromatic N) is 1. The van der Waals surface area contributed by atoms with E-state index < -0.39 is 10.0 Å². The predicted molar refractivity (Wildman–Crippen MR) is 105 cm³/mol. The van der Waals surface area contributed by atoms with Crippen molar-refractivity contribution in [1.82, 2.24) is 9.62 Å². The molecule has 7 heteroatoms. The zero-order valence-electron chi connectivity index (χ0n) is 15.7. The second-order valence-electron chi connectivity index (χ2n) is 6.39. The van der Waals surface area contributed by atoms with Crippen molar-refractivity contribution in [3.8, 4) is 5.75 Å². The number of likely N-dealkylation sites (N-methyl/N-ethyl adjacent to an activating group) is 1. The van der Waals surface area contributed by atoms with E-state index in [0.29, 0.717) is 23.5 Å². The molecule has 0 saturated carbocycles. The molecule has 0 fully saturated rings. The van der Waals surface area contributed by atoms with Gasteiger partial charge in [-0.3, -0.25) is 4.90 Å². The number of ether oxygens (including phenoxy) is 1. The first kappa shape index (κ1) is 19.4. The highest BCUT2D eigenvalue weighted by Gasteiger charge is 2.23. The summed E-state index contributed by atoms with van der Waals surface area (Å²) in [5, 5.41) is 1.41. The lowest BCUT2D eigenvalue weighted by Crippen LogP contribution is -2.34. The third kappa shape index (κ3) is 4.16. The Morgan fingerprint density at radius 3 is 2.44 bits per heavy atom. The van der Waals surface area contributed by atoms with Gasteiger partial charge in [0, 0.05) is 17.3 Å². The first-order valence-electron chi connectivity index (χ1n) is 8.78. The molecule has 0 aliphatic carbocycles. The summed E-state index contributed by atoms with van der Waals surface area (Å²) in [6, 6.07) is 14.1. The Bertz CT molecular complexity index is 998. The van der Waals surface area contributed by atoms with Crippen LogP contribution >= 0.6 is 0 Å². The zero-order chi connectivity index (χ0) is 19.4. The molecule has 3 aromatic rings. The number of fused-ring (bicyclic) bond motifs is 1. The van der Waals surface area contributed by atoms with Crippen molar-refractivity contribution in [3.63, 3.8) is 0 Å². The van der Waals surface area contributed by atoms with E-state index in [1.807, 2.05) is 50.2 Å². The lowest BCUT2D eigenvalue weighted by molar-refractivity contribution is 0.259. The molecule has 2 aromatic carbocycles. The van der Waals surface area contributed by atoms with Crippen LogP contribution in [0.2, 0.25) is 0 Å². The van der Waals surface area contributed by atoms with E-state index in [2.05, 4.69) is 4.72 Å². The Kier molecular flexibility index (Phi) is 5.84. The van der Waals surface area contributed by atoms with Crippen molar-refractivity contribution in [3.05, 3.63) is 60.6 Å². The van der Waals surface area contributed by atoms with E-state index in [-0.39, 0.29) is 17.5 Å². The van der Waals surface area contributed by atoms with Gasteiger partial charge in [0.15, 0.2) is 0 Å². The van der Waals surface area contributed by atoms with E-state index in [0.717, 1.165) is 5.39 Å². The number of benzene rings is 2. The fourth-order valence-electron chi connectivity index (χ4n) is 3.04. The molecular formula is C20H24N2O4S. The second-order valence-corrected chi connectivity index (χ2v) is 8.12. The Hall–Kier alpha value is -2.35. The van der Waals surface area contributed by atoms with Gasteiger partial charge in [0.2, 0.25) is 10.0 Å². The molecule has 6 nitrogen and oxygen atoms in total. The predicted octanol–water partition coefficient (Wildman–Crippen LogP) is 3.41. The van der Waals surface area contributed by atoms with Crippen molar-refractivity contribution < 1.29 is 17.6 Å². The third-order valence-corrected chi connectivity index (χ3v) is 5.88. The average molecular weight is 388 g/mol. The third-order valence-electron chi connectivity index (χ3n) is 4.40. The largest absolute Gasteiger partial charge is 0.493 e. The summed E-state index contributed by atoms with van der Waals surface area (Å²) in [5.41, 5.74) is 0. The molecule has 0 aliphatic heterocycles. The van der Waals surface area contributed by atoms with Crippen molar-refractivity contribution in [2.45, 2.75) is 17.9 Å². The van der Waals surface area contributed by atoms with Crippen LogP contribution in [0.3, 0.4) is 0 Å². The normalized spacial score (nSPS) is 13.2. The summed E-state index contributed by atoms with van der Waals surface area (Å²) in [4.78, 5) is 2.15. The van der Waals surface area contributed by atoms with Gasteiger partial charge in [-0.05, 0) is 45.3 Å². The summed E-state index contributed by atoms with van der Waals surface area (Å²) < 4.78 is 39.8. The minimum Gasteiger partial charge on any atom is -0.493 e. The first-order valence-corrected chi connectivity index (χ1v) is 10.3. The summed E-state index contributed by atoms with van der Waals surface area (Å²) in [5.74, 6) is 1.38. The summed E-state index contributed by atoms with van der Waals surface area (Å²) >= 11 is 0. The van der Waals surface area contributed by atoms with Gasteiger partial charge in [-0.2, -0.15) is 0 Å². The molecule has 0 spiro atoms. The number of rotatable bonds is 8.